The summed E-state index contributed by atoms with van der Waals surface area (Å²) in [6, 6.07) is 7.33. The van der Waals surface area contributed by atoms with Crippen LogP contribution in [0, 0.1) is 0 Å². The van der Waals surface area contributed by atoms with Crippen LogP contribution in [0.15, 0.2) is 34.3 Å². The monoisotopic (exact) mass is 395 g/mol. The van der Waals surface area contributed by atoms with Gasteiger partial charge in [0.15, 0.2) is 0 Å². The highest BCUT2D eigenvalue weighted by molar-refractivity contribution is 9.10. The van der Waals surface area contributed by atoms with E-state index in [9.17, 15) is 14.4 Å². The fourth-order valence-electron chi connectivity index (χ4n) is 2.42. The van der Waals surface area contributed by atoms with E-state index in [1.807, 2.05) is 24.3 Å². The predicted octanol–water partition coefficient (Wildman–Crippen LogP) is 2.22. The van der Waals surface area contributed by atoms with E-state index < -0.39 is 23.4 Å². The second-order valence-electron chi connectivity index (χ2n) is 5.17. The molecule has 0 saturated carbocycles. The molecule has 7 heteroatoms. The molecule has 1 N–H and O–H groups in total. The Labute approximate surface area is 148 Å². The molecule has 24 heavy (non-hydrogen) atoms. The van der Waals surface area contributed by atoms with Crippen LogP contribution < -0.4 is 5.32 Å². The van der Waals surface area contributed by atoms with Crippen LogP contribution in [0.2, 0.25) is 0 Å². The molecule has 0 spiro atoms. The summed E-state index contributed by atoms with van der Waals surface area (Å²) < 4.78 is 10.8. The van der Waals surface area contributed by atoms with E-state index in [0.717, 1.165) is 10.0 Å². The van der Waals surface area contributed by atoms with Gasteiger partial charge in [0, 0.05) is 16.5 Å². The van der Waals surface area contributed by atoms with Gasteiger partial charge in [0.2, 0.25) is 11.4 Å². The first-order chi connectivity index (χ1) is 11.4. The van der Waals surface area contributed by atoms with Crippen molar-refractivity contribution >= 4 is 39.9 Å². The van der Waals surface area contributed by atoms with Gasteiger partial charge in [-0.1, -0.05) is 34.1 Å². The van der Waals surface area contributed by atoms with Crippen LogP contribution in [-0.2, 0) is 23.9 Å². The molecule has 6 nitrogen and oxygen atoms in total. The fourth-order valence-corrected chi connectivity index (χ4v) is 2.82. The Morgan fingerprint density at radius 1 is 1.21 bits per heavy atom. The van der Waals surface area contributed by atoms with Gasteiger partial charge in [0.1, 0.15) is 0 Å². The average Bonchev–Trinajstić information content (AvgIpc) is 2.88. The SMILES string of the molecule is CCOC(=O)C1(C(=O)OCC)C/C(=C\c2ccccc2Br)C(=O)N1. The van der Waals surface area contributed by atoms with Gasteiger partial charge in [-0.25, -0.2) is 9.59 Å². The summed E-state index contributed by atoms with van der Waals surface area (Å²) in [5.74, 6) is -2.12. The summed E-state index contributed by atoms with van der Waals surface area (Å²) in [6.45, 7) is 3.45. The molecule has 128 valence electrons. The number of hydrogen-bond donors (Lipinski definition) is 1. The number of carbonyl (C=O) groups is 3. The molecule has 1 aromatic carbocycles. The Morgan fingerprint density at radius 2 is 1.79 bits per heavy atom. The van der Waals surface area contributed by atoms with Gasteiger partial charge in [-0.05, 0) is 31.6 Å². The lowest BCUT2D eigenvalue weighted by molar-refractivity contribution is -0.166. The van der Waals surface area contributed by atoms with Crippen molar-refractivity contribution in [2.24, 2.45) is 0 Å². The number of nitrogens with one attached hydrogen (secondary N) is 1. The third-order valence-electron chi connectivity index (χ3n) is 3.56. The molecule has 0 radical (unpaired) electrons. The van der Waals surface area contributed by atoms with Crippen LogP contribution in [0.4, 0.5) is 0 Å². The normalized spacial score (nSPS) is 17.5. The van der Waals surface area contributed by atoms with E-state index in [4.69, 9.17) is 9.47 Å². The van der Waals surface area contributed by atoms with Crippen LogP contribution in [0.25, 0.3) is 6.08 Å². The fraction of sp³-hybridized carbons (Fsp3) is 0.353. The highest BCUT2D eigenvalue weighted by atomic mass is 79.9. The van der Waals surface area contributed by atoms with Crippen LogP contribution in [0.1, 0.15) is 25.8 Å². The average molecular weight is 396 g/mol. The molecule has 0 atom stereocenters. The number of hydrogen-bond acceptors (Lipinski definition) is 5. The molecule has 1 heterocycles. The lowest BCUT2D eigenvalue weighted by atomic mass is 9.94. The number of rotatable bonds is 5. The van der Waals surface area contributed by atoms with Gasteiger partial charge < -0.3 is 14.8 Å². The van der Waals surface area contributed by atoms with Crippen molar-refractivity contribution in [2.75, 3.05) is 13.2 Å². The van der Waals surface area contributed by atoms with Crippen molar-refractivity contribution in [1.82, 2.24) is 5.32 Å². The summed E-state index contributed by atoms with van der Waals surface area (Å²) in [4.78, 5) is 37.0. The number of carbonyl (C=O) groups excluding carboxylic acids is 3. The van der Waals surface area contributed by atoms with Gasteiger partial charge in [-0.15, -0.1) is 0 Å². The van der Waals surface area contributed by atoms with E-state index in [1.54, 1.807) is 19.9 Å². The lowest BCUT2D eigenvalue weighted by Crippen LogP contribution is -2.57. The second-order valence-corrected chi connectivity index (χ2v) is 6.02. The van der Waals surface area contributed by atoms with E-state index in [2.05, 4.69) is 21.2 Å². The highest BCUT2D eigenvalue weighted by Crippen LogP contribution is 2.30. The van der Waals surface area contributed by atoms with Crippen molar-refractivity contribution in [1.29, 1.82) is 0 Å². The first kappa shape index (κ1) is 18.2. The first-order valence-corrected chi connectivity index (χ1v) is 8.36. The third-order valence-corrected chi connectivity index (χ3v) is 4.28. The molecule has 1 fully saturated rings. The maximum Gasteiger partial charge on any atom is 0.344 e. The molecule has 1 aliphatic heterocycles. The molecular weight excluding hydrogens is 378 g/mol. The minimum atomic E-state index is -1.82. The molecule has 0 unspecified atom stereocenters. The zero-order chi connectivity index (χ0) is 17.7. The van der Waals surface area contributed by atoms with E-state index in [0.29, 0.717) is 5.57 Å². The third kappa shape index (κ3) is 3.51. The predicted molar refractivity (Wildman–Crippen MR) is 90.9 cm³/mol. The lowest BCUT2D eigenvalue weighted by Gasteiger charge is -2.23. The van der Waals surface area contributed by atoms with Gasteiger partial charge in [-0.2, -0.15) is 0 Å². The summed E-state index contributed by atoms with van der Waals surface area (Å²) in [6.07, 6.45) is 1.52. The zero-order valence-corrected chi connectivity index (χ0v) is 15.0. The quantitative estimate of drug-likeness (QED) is 0.469. The smallest absolute Gasteiger partial charge is 0.344 e. The molecule has 0 aliphatic carbocycles. The van der Waals surface area contributed by atoms with Gasteiger partial charge in [0.25, 0.3) is 0 Å². The van der Waals surface area contributed by atoms with Crippen LogP contribution in [-0.4, -0.2) is 36.6 Å². The largest absolute Gasteiger partial charge is 0.464 e. The maximum absolute atomic E-state index is 12.3. The van der Waals surface area contributed by atoms with Crippen LogP contribution in [0.5, 0.6) is 0 Å². The Morgan fingerprint density at radius 3 is 2.33 bits per heavy atom. The van der Waals surface area contributed by atoms with E-state index >= 15 is 0 Å². The molecule has 1 amide bonds. The molecule has 0 bridgehead atoms. The first-order valence-electron chi connectivity index (χ1n) is 7.56. The minimum absolute atomic E-state index is 0.0964. The second kappa shape index (κ2) is 7.61. The van der Waals surface area contributed by atoms with Crippen LogP contribution in [0.3, 0.4) is 0 Å². The Hall–Kier alpha value is -2.15. The van der Waals surface area contributed by atoms with Crippen molar-refractivity contribution in [3.8, 4) is 0 Å². The van der Waals surface area contributed by atoms with E-state index in [-0.39, 0.29) is 19.6 Å². The number of amides is 1. The van der Waals surface area contributed by atoms with Gasteiger partial charge >= 0.3 is 11.9 Å². The Balaban J connectivity index is 2.39. The number of esters is 2. The molecule has 1 aliphatic rings. The zero-order valence-electron chi connectivity index (χ0n) is 13.4. The van der Waals surface area contributed by atoms with Crippen LogP contribution >= 0.6 is 15.9 Å². The topological polar surface area (TPSA) is 81.7 Å². The Kier molecular flexibility index (Phi) is 5.77. The van der Waals surface area contributed by atoms with E-state index in [1.165, 1.54) is 0 Å². The molecule has 1 saturated heterocycles. The van der Waals surface area contributed by atoms with Gasteiger partial charge in [0.05, 0.1) is 13.2 Å². The highest BCUT2D eigenvalue weighted by Gasteiger charge is 2.55. The number of halogens is 1. The molecule has 1 aromatic rings. The molecule has 2 rings (SSSR count). The van der Waals surface area contributed by atoms with Crippen molar-refractivity contribution < 1.29 is 23.9 Å². The summed E-state index contributed by atoms with van der Waals surface area (Å²) in [5.41, 5.74) is -0.745. The van der Waals surface area contributed by atoms with Crippen molar-refractivity contribution in [2.45, 2.75) is 25.8 Å². The number of benzene rings is 1. The Bertz CT molecular complexity index is 680. The molecular formula is C17H18BrNO5. The summed E-state index contributed by atoms with van der Waals surface area (Å²) in [7, 11) is 0. The summed E-state index contributed by atoms with van der Waals surface area (Å²) >= 11 is 3.40. The standard InChI is InChI=1S/C17H18BrNO5/c1-3-23-15(21)17(16(22)24-4-2)10-12(14(20)19-17)9-11-7-5-6-8-13(11)18/h5-9H,3-4,10H2,1-2H3,(H,19,20)/b12-9+. The maximum atomic E-state index is 12.3. The minimum Gasteiger partial charge on any atom is -0.464 e. The molecule has 0 aromatic heterocycles. The van der Waals surface area contributed by atoms with Gasteiger partial charge in [-0.3, -0.25) is 4.79 Å². The summed E-state index contributed by atoms with van der Waals surface area (Å²) in [5, 5.41) is 2.45. The van der Waals surface area contributed by atoms with Crippen molar-refractivity contribution in [3.63, 3.8) is 0 Å². The number of ether oxygens (including phenoxy) is 2. The van der Waals surface area contributed by atoms with Crippen molar-refractivity contribution in [3.05, 3.63) is 39.9 Å².